The van der Waals surface area contributed by atoms with E-state index >= 15 is 0 Å². The molecular formula is C12H18BNO2S. The Bertz CT molecular complexity index is 498. The third-order valence-electron chi connectivity index (χ3n) is 3.42. The molecule has 92 valence electrons. The van der Waals surface area contributed by atoms with Crippen molar-refractivity contribution in [2.75, 3.05) is 0 Å². The molecule has 1 aliphatic rings. The Hall–Kier alpha value is -0.805. The lowest BCUT2D eigenvalue weighted by molar-refractivity contribution is -0.460. The SMILES string of the molecule is [B]C1CCC1([NH3+])S(=O)(=O)c1ccc(C)cc1.[CH3-]. The van der Waals surface area contributed by atoms with Crippen LogP contribution in [0.1, 0.15) is 18.4 Å². The Balaban J connectivity index is 0.00000144. The number of hydrogen-bond donors (Lipinski definition) is 1. The molecule has 0 heterocycles. The summed E-state index contributed by atoms with van der Waals surface area (Å²) < 4.78 is 24.6. The highest BCUT2D eigenvalue weighted by Crippen LogP contribution is 2.44. The van der Waals surface area contributed by atoms with Gasteiger partial charge in [0.05, 0.1) is 12.7 Å². The van der Waals surface area contributed by atoms with Crippen molar-refractivity contribution in [1.29, 1.82) is 0 Å². The monoisotopic (exact) mass is 251 g/mol. The van der Waals surface area contributed by atoms with Gasteiger partial charge in [0.2, 0.25) is 9.84 Å². The number of sulfone groups is 1. The summed E-state index contributed by atoms with van der Waals surface area (Å²) in [4.78, 5) is -0.703. The molecule has 3 N–H and O–H groups in total. The summed E-state index contributed by atoms with van der Waals surface area (Å²) in [5.74, 6) is -0.348. The second-order valence-electron chi connectivity index (χ2n) is 4.53. The first kappa shape index (κ1) is 14.3. The van der Waals surface area contributed by atoms with Gasteiger partial charge in [-0.25, -0.2) is 8.42 Å². The predicted octanol–water partition coefficient (Wildman–Crippen LogP) is 0.908. The van der Waals surface area contributed by atoms with Gasteiger partial charge in [-0.3, -0.25) is 0 Å². The van der Waals surface area contributed by atoms with Crippen LogP contribution in [0.5, 0.6) is 0 Å². The topological polar surface area (TPSA) is 61.8 Å². The van der Waals surface area contributed by atoms with Gasteiger partial charge in [-0.15, -0.1) is 0 Å². The molecule has 17 heavy (non-hydrogen) atoms. The Morgan fingerprint density at radius 3 is 2.24 bits per heavy atom. The van der Waals surface area contributed by atoms with E-state index in [1.165, 1.54) is 0 Å². The van der Waals surface area contributed by atoms with Crippen molar-refractivity contribution in [2.24, 2.45) is 0 Å². The fraction of sp³-hybridized carbons (Fsp3) is 0.417. The molecule has 1 aliphatic carbocycles. The van der Waals surface area contributed by atoms with E-state index in [9.17, 15) is 8.42 Å². The average molecular weight is 251 g/mol. The summed E-state index contributed by atoms with van der Waals surface area (Å²) in [7, 11) is 2.36. The largest absolute Gasteiger partial charge is 0.358 e. The van der Waals surface area contributed by atoms with E-state index in [0.29, 0.717) is 11.3 Å². The van der Waals surface area contributed by atoms with Gasteiger partial charge in [-0.2, -0.15) is 0 Å². The van der Waals surface area contributed by atoms with Crippen molar-refractivity contribution in [2.45, 2.75) is 35.3 Å². The minimum atomic E-state index is -3.40. The van der Waals surface area contributed by atoms with Crippen LogP contribution in [-0.2, 0) is 9.84 Å². The van der Waals surface area contributed by atoms with Crippen LogP contribution >= 0.6 is 0 Å². The molecule has 1 saturated carbocycles. The van der Waals surface area contributed by atoms with Crippen molar-refractivity contribution in [3.63, 3.8) is 0 Å². The maximum Gasteiger partial charge on any atom is 0.233 e. The lowest BCUT2D eigenvalue weighted by Crippen LogP contribution is -2.81. The Kier molecular flexibility index (Phi) is 3.74. The fourth-order valence-electron chi connectivity index (χ4n) is 1.92. The molecule has 0 saturated heterocycles. The normalized spacial score (nSPS) is 28.0. The highest BCUT2D eigenvalue weighted by atomic mass is 32.2. The van der Waals surface area contributed by atoms with Crippen LogP contribution < -0.4 is 5.73 Å². The molecule has 3 nitrogen and oxygen atoms in total. The molecule has 2 unspecified atom stereocenters. The summed E-state index contributed by atoms with van der Waals surface area (Å²) in [6.45, 7) is 1.92. The predicted molar refractivity (Wildman–Crippen MR) is 69.1 cm³/mol. The van der Waals surface area contributed by atoms with E-state index in [4.69, 9.17) is 7.85 Å². The maximum atomic E-state index is 12.3. The van der Waals surface area contributed by atoms with Gasteiger partial charge in [0.1, 0.15) is 0 Å². The Labute approximate surface area is 105 Å². The molecule has 2 radical (unpaired) electrons. The van der Waals surface area contributed by atoms with E-state index in [1.807, 2.05) is 6.92 Å². The second kappa shape index (κ2) is 4.46. The molecular weight excluding hydrogens is 233 g/mol. The smallest absolute Gasteiger partial charge is 0.233 e. The van der Waals surface area contributed by atoms with Gasteiger partial charge in [0, 0.05) is 6.42 Å². The Morgan fingerprint density at radius 2 is 1.88 bits per heavy atom. The van der Waals surface area contributed by atoms with Gasteiger partial charge < -0.3 is 13.2 Å². The molecule has 1 fully saturated rings. The van der Waals surface area contributed by atoms with Crippen LogP contribution in [0.2, 0.25) is 5.82 Å². The number of hydrogen-bond acceptors (Lipinski definition) is 2. The summed E-state index contributed by atoms with van der Waals surface area (Å²) in [6, 6.07) is 6.84. The number of rotatable bonds is 2. The minimum absolute atomic E-state index is 0. The van der Waals surface area contributed by atoms with Crippen LogP contribution in [0, 0.1) is 14.4 Å². The molecule has 1 aromatic rings. The van der Waals surface area contributed by atoms with Gasteiger partial charge in [0.25, 0.3) is 0 Å². The minimum Gasteiger partial charge on any atom is -0.358 e. The van der Waals surface area contributed by atoms with Crippen molar-refractivity contribution < 1.29 is 14.2 Å². The number of aryl methyl sites for hydroxylation is 1. The van der Waals surface area contributed by atoms with E-state index in [1.54, 1.807) is 24.3 Å². The van der Waals surface area contributed by atoms with E-state index in [0.717, 1.165) is 12.0 Å². The first-order valence-corrected chi connectivity index (χ1v) is 6.78. The summed E-state index contributed by atoms with van der Waals surface area (Å²) in [5.41, 5.74) is 4.85. The lowest BCUT2D eigenvalue weighted by Gasteiger charge is -2.40. The third-order valence-corrected chi connectivity index (χ3v) is 5.89. The van der Waals surface area contributed by atoms with E-state index in [2.05, 4.69) is 5.73 Å². The van der Waals surface area contributed by atoms with Crippen molar-refractivity contribution >= 4 is 17.7 Å². The molecule has 0 amide bonds. The quantitative estimate of drug-likeness (QED) is 0.627. The van der Waals surface area contributed by atoms with Crippen LogP contribution in [0.3, 0.4) is 0 Å². The first-order valence-electron chi connectivity index (χ1n) is 5.30. The molecule has 2 rings (SSSR count). The van der Waals surface area contributed by atoms with E-state index in [-0.39, 0.29) is 13.2 Å². The first-order chi connectivity index (χ1) is 7.38. The van der Waals surface area contributed by atoms with Crippen molar-refractivity contribution in [1.82, 2.24) is 0 Å². The van der Waals surface area contributed by atoms with Crippen molar-refractivity contribution in [3.05, 3.63) is 37.3 Å². The fourth-order valence-corrected chi connectivity index (χ4v) is 3.79. The van der Waals surface area contributed by atoms with Crippen LogP contribution in [-0.4, -0.2) is 21.1 Å². The molecule has 5 heteroatoms. The third kappa shape index (κ3) is 2.02. The van der Waals surface area contributed by atoms with Gasteiger partial charge in [-0.05, 0) is 31.3 Å². The van der Waals surface area contributed by atoms with Gasteiger partial charge in [0.15, 0.2) is 4.87 Å². The van der Waals surface area contributed by atoms with Gasteiger partial charge >= 0.3 is 0 Å². The molecule has 0 bridgehead atoms. The maximum absolute atomic E-state index is 12.3. The standard InChI is InChI=1S/C11H14BNO2S.CH3/c1-8-2-4-9(5-3-8)16(14,15)11(13)7-6-10(11)12;/h2-5,10H,6-7,13H2,1H3;1H3/q;-1/p+1. The molecule has 0 spiro atoms. The van der Waals surface area contributed by atoms with Crippen LogP contribution in [0.15, 0.2) is 29.2 Å². The molecule has 2 atom stereocenters. The Morgan fingerprint density at radius 1 is 1.35 bits per heavy atom. The summed E-state index contributed by atoms with van der Waals surface area (Å²) in [6.07, 6.45) is 1.28. The highest BCUT2D eigenvalue weighted by Gasteiger charge is 2.55. The number of quaternary nitrogens is 1. The zero-order valence-electron chi connectivity index (χ0n) is 10.3. The van der Waals surface area contributed by atoms with Crippen molar-refractivity contribution in [3.8, 4) is 0 Å². The highest BCUT2D eigenvalue weighted by molar-refractivity contribution is 7.92. The molecule has 0 aromatic heterocycles. The zero-order valence-corrected chi connectivity index (χ0v) is 11.1. The zero-order chi connectivity index (χ0) is 12.0. The molecule has 0 aliphatic heterocycles. The lowest BCUT2D eigenvalue weighted by atomic mass is 9.66. The van der Waals surface area contributed by atoms with Crippen LogP contribution in [0.4, 0.5) is 0 Å². The summed E-state index contributed by atoms with van der Waals surface area (Å²) >= 11 is 0. The summed E-state index contributed by atoms with van der Waals surface area (Å²) in [5, 5.41) is 0. The second-order valence-corrected chi connectivity index (χ2v) is 6.82. The van der Waals surface area contributed by atoms with Gasteiger partial charge in [-0.1, -0.05) is 17.7 Å². The molecule has 1 aromatic carbocycles. The van der Waals surface area contributed by atoms with Crippen LogP contribution in [0.25, 0.3) is 0 Å². The number of benzene rings is 1. The average Bonchev–Trinajstić information content (AvgIpc) is 2.26. The van der Waals surface area contributed by atoms with E-state index < -0.39 is 14.7 Å².